The van der Waals surface area contributed by atoms with Crippen molar-refractivity contribution in [3.63, 3.8) is 0 Å². The van der Waals surface area contributed by atoms with Crippen LogP contribution in [0.1, 0.15) is 29.6 Å². The van der Waals surface area contributed by atoms with E-state index in [1.54, 1.807) is 0 Å². The van der Waals surface area contributed by atoms with E-state index in [0.29, 0.717) is 11.4 Å². The molecule has 0 aliphatic carbocycles. The molecule has 2 amide bonds. The Hall–Kier alpha value is -3.43. The van der Waals surface area contributed by atoms with E-state index in [2.05, 4.69) is 16.8 Å². The smallest absolute Gasteiger partial charge is 0.328 e. The highest BCUT2D eigenvalue weighted by atomic mass is 35.5. The normalized spacial score (nSPS) is 11.5. The van der Waals surface area contributed by atoms with Gasteiger partial charge in [-0.2, -0.15) is 0 Å². The van der Waals surface area contributed by atoms with Crippen LogP contribution >= 0.6 is 11.6 Å². The standard InChI is InChI=1S/C25H26ClN5O3S/c1-4-22-29-23-16(2)15-17(3)28-24(23)31(22)20-9-5-18(6-10-20)13-14-27-25(32)30-35(33,34)21-11-7-19(26)8-12-21/h5-12,15H,4,13-14H2,1-3H3,(H2,27,30,32). The Labute approximate surface area is 209 Å². The van der Waals surface area contributed by atoms with Gasteiger partial charge in [0.1, 0.15) is 11.3 Å². The van der Waals surface area contributed by atoms with Crippen LogP contribution in [0.5, 0.6) is 0 Å². The van der Waals surface area contributed by atoms with Gasteiger partial charge < -0.3 is 5.32 Å². The molecule has 0 radical (unpaired) electrons. The number of pyridine rings is 1. The average molecular weight is 512 g/mol. The first kappa shape index (κ1) is 24.7. The Morgan fingerprint density at radius 2 is 1.71 bits per heavy atom. The number of carbonyl (C=O) groups is 1. The molecule has 0 atom stereocenters. The summed E-state index contributed by atoms with van der Waals surface area (Å²) < 4.78 is 28.7. The van der Waals surface area contributed by atoms with Crippen molar-refractivity contribution in [3.05, 3.63) is 82.3 Å². The fraction of sp³-hybridized carbons (Fsp3) is 0.240. The van der Waals surface area contributed by atoms with Gasteiger partial charge in [0.05, 0.1) is 4.90 Å². The number of sulfonamides is 1. The summed E-state index contributed by atoms with van der Waals surface area (Å²) in [4.78, 5) is 21.6. The second-order valence-corrected chi connectivity index (χ2v) is 10.3. The lowest BCUT2D eigenvalue weighted by atomic mass is 10.1. The number of urea groups is 1. The van der Waals surface area contributed by atoms with Gasteiger partial charge in [0, 0.05) is 29.4 Å². The Kier molecular flexibility index (Phi) is 7.09. The summed E-state index contributed by atoms with van der Waals surface area (Å²) in [5.41, 5.74) is 5.74. The number of rotatable bonds is 7. The maximum atomic E-state index is 12.3. The van der Waals surface area contributed by atoms with Crippen molar-refractivity contribution in [3.8, 4) is 5.69 Å². The molecule has 182 valence electrons. The van der Waals surface area contributed by atoms with Crippen LogP contribution in [0.25, 0.3) is 16.9 Å². The number of halogens is 1. The third-order valence-electron chi connectivity index (χ3n) is 5.56. The fourth-order valence-electron chi connectivity index (χ4n) is 3.88. The van der Waals surface area contributed by atoms with Crippen LogP contribution in [-0.4, -0.2) is 35.5 Å². The number of hydrogen-bond donors (Lipinski definition) is 2. The van der Waals surface area contributed by atoms with Crippen molar-refractivity contribution in [2.75, 3.05) is 6.54 Å². The monoisotopic (exact) mass is 511 g/mol. The summed E-state index contributed by atoms with van der Waals surface area (Å²) in [5, 5.41) is 3.00. The third kappa shape index (κ3) is 5.47. The molecule has 2 aromatic carbocycles. The van der Waals surface area contributed by atoms with Crippen molar-refractivity contribution < 1.29 is 13.2 Å². The zero-order chi connectivity index (χ0) is 25.2. The minimum Gasteiger partial charge on any atom is -0.337 e. The molecule has 4 aromatic rings. The summed E-state index contributed by atoms with van der Waals surface area (Å²) in [6.45, 7) is 6.36. The molecule has 0 bridgehead atoms. The van der Waals surface area contributed by atoms with E-state index in [4.69, 9.17) is 21.6 Å². The van der Waals surface area contributed by atoms with E-state index in [9.17, 15) is 13.2 Å². The Balaban J connectivity index is 1.41. The Bertz CT molecular complexity index is 1480. The molecule has 10 heteroatoms. The van der Waals surface area contributed by atoms with Crippen molar-refractivity contribution >= 4 is 38.8 Å². The number of benzene rings is 2. The van der Waals surface area contributed by atoms with Crippen LogP contribution in [0.2, 0.25) is 5.02 Å². The lowest BCUT2D eigenvalue weighted by Crippen LogP contribution is -2.40. The number of hydrogen-bond acceptors (Lipinski definition) is 5. The van der Waals surface area contributed by atoms with E-state index in [1.165, 1.54) is 24.3 Å². The Morgan fingerprint density at radius 3 is 2.37 bits per heavy atom. The number of amides is 2. The molecular formula is C25H26ClN5O3S. The van der Waals surface area contributed by atoms with Crippen LogP contribution in [-0.2, 0) is 22.9 Å². The minimum atomic E-state index is -3.97. The highest BCUT2D eigenvalue weighted by molar-refractivity contribution is 7.90. The predicted octanol–water partition coefficient (Wildman–Crippen LogP) is 4.48. The van der Waals surface area contributed by atoms with Crippen molar-refractivity contribution in [2.24, 2.45) is 0 Å². The predicted molar refractivity (Wildman–Crippen MR) is 137 cm³/mol. The van der Waals surface area contributed by atoms with Crippen molar-refractivity contribution in [2.45, 2.75) is 38.5 Å². The zero-order valence-corrected chi connectivity index (χ0v) is 21.2. The molecule has 35 heavy (non-hydrogen) atoms. The highest BCUT2D eigenvalue weighted by Gasteiger charge is 2.17. The maximum Gasteiger partial charge on any atom is 0.328 e. The number of fused-ring (bicyclic) bond motifs is 1. The summed E-state index contributed by atoms with van der Waals surface area (Å²) in [7, 11) is -3.97. The maximum absolute atomic E-state index is 12.3. The lowest BCUT2D eigenvalue weighted by molar-refractivity contribution is 0.246. The lowest BCUT2D eigenvalue weighted by Gasteiger charge is -2.11. The number of aryl methyl sites for hydroxylation is 3. The largest absolute Gasteiger partial charge is 0.337 e. The second-order valence-electron chi connectivity index (χ2n) is 8.20. The van der Waals surface area contributed by atoms with Crippen LogP contribution in [0.4, 0.5) is 4.79 Å². The molecule has 0 unspecified atom stereocenters. The van der Waals surface area contributed by atoms with Crippen molar-refractivity contribution in [1.29, 1.82) is 0 Å². The SMILES string of the molecule is CCc1nc2c(C)cc(C)nc2n1-c1ccc(CCNC(=O)NS(=O)(=O)c2ccc(Cl)cc2)cc1. The van der Waals surface area contributed by atoms with Crippen LogP contribution in [0.15, 0.2) is 59.5 Å². The fourth-order valence-corrected chi connectivity index (χ4v) is 4.93. The van der Waals surface area contributed by atoms with Crippen LogP contribution < -0.4 is 10.0 Å². The Morgan fingerprint density at radius 1 is 1.03 bits per heavy atom. The van der Waals surface area contributed by atoms with Gasteiger partial charge in [-0.15, -0.1) is 0 Å². The minimum absolute atomic E-state index is 0.0361. The first-order valence-electron chi connectivity index (χ1n) is 11.2. The van der Waals surface area contributed by atoms with Gasteiger partial charge in [-0.3, -0.25) is 4.57 Å². The molecule has 0 aliphatic rings. The zero-order valence-electron chi connectivity index (χ0n) is 19.7. The van der Waals surface area contributed by atoms with E-state index < -0.39 is 16.1 Å². The van der Waals surface area contributed by atoms with Gasteiger partial charge >= 0.3 is 6.03 Å². The molecular weight excluding hydrogens is 486 g/mol. The van der Waals surface area contributed by atoms with Crippen LogP contribution in [0.3, 0.4) is 0 Å². The summed E-state index contributed by atoms with van der Waals surface area (Å²) in [6, 6.07) is 14.8. The molecule has 0 saturated carbocycles. The van der Waals surface area contributed by atoms with E-state index in [1.807, 2.05) is 48.9 Å². The first-order valence-corrected chi connectivity index (χ1v) is 13.0. The number of nitrogens with one attached hydrogen (secondary N) is 2. The first-order chi connectivity index (χ1) is 16.7. The van der Waals surface area contributed by atoms with Crippen molar-refractivity contribution in [1.82, 2.24) is 24.6 Å². The van der Waals surface area contributed by atoms with Gasteiger partial charge in [-0.25, -0.2) is 27.9 Å². The molecule has 0 aliphatic heterocycles. The van der Waals surface area contributed by atoms with Gasteiger partial charge in [0.25, 0.3) is 10.0 Å². The van der Waals surface area contributed by atoms with E-state index in [0.717, 1.165) is 45.9 Å². The van der Waals surface area contributed by atoms with E-state index >= 15 is 0 Å². The van der Waals surface area contributed by atoms with Gasteiger partial charge in [-0.05, 0) is 73.9 Å². The summed E-state index contributed by atoms with van der Waals surface area (Å²) in [5.74, 6) is 0.939. The number of nitrogens with zero attached hydrogens (tertiary/aromatic N) is 3. The molecule has 2 aromatic heterocycles. The number of aromatic nitrogens is 3. The second kappa shape index (κ2) is 10.1. The highest BCUT2D eigenvalue weighted by Crippen LogP contribution is 2.24. The molecule has 2 heterocycles. The third-order valence-corrected chi connectivity index (χ3v) is 7.16. The molecule has 4 rings (SSSR count). The van der Waals surface area contributed by atoms with Crippen LogP contribution in [0, 0.1) is 13.8 Å². The molecule has 2 N–H and O–H groups in total. The van der Waals surface area contributed by atoms with Gasteiger partial charge in [0.15, 0.2) is 5.65 Å². The van der Waals surface area contributed by atoms with Gasteiger partial charge in [0.2, 0.25) is 0 Å². The summed E-state index contributed by atoms with van der Waals surface area (Å²) in [6.07, 6.45) is 1.31. The molecule has 0 spiro atoms. The van der Waals surface area contributed by atoms with E-state index in [-0.39, 0.29) is 11.4 Å². The molecule has 8 nitrogen and oxygen atoms in total. The molecule has 0 saturated heterocycles. The number of imidazole rings is 1. The topological polar surface area (TPSA) is 106 Å². The quantitative estimate of drug-likeness (QED) is 0.380. The number of carbonyl (C=O) groups excluding carboxylic acids is 1. The molecule has 0 fully saturated rings. The van der Waals surface area contributed by atoms with Gasteiger partial charge in [-0.1, -0.05) is 30.7 Å². The average Bonchev–Trinajstić information content (AvgIpc) is 3.18. The summed E-state index contributed by atoms with van der Waals surface area (Å²) >= 11 is 5.78.